The molecule has 0 aliphatic carbocycles. The maximum absolute atomic E-state index is 11.7. The number of benzene rings is 3. The Bertz CT molecular complexity index is 1470. The number of hydrogen-bond acceptors (Lipinski definition) is 7. The number of aromatic nitrogens is 1. The molecule has 0 saturated heterocycles. The van der Waals surface area contributed by atoms with Gasteiger partial charge in [-0.25, -0.2) is 4.98 Å². The summed E-state index contributed by atoms with van der Waals surface area (Å²) in [6.07, 6.45) is 0.681. The molecule has 2 heterocycles. The number of esters is 1. The van der Waals surface area contributed by atoms with Crippen LogP contribution in [0.25, 0.3) is 33.2 Å². The fraction of sp³-hybridized carbons (Fsp3) is 0.207. The van der Waals surface area contributed by atoms with Crippen LogP contribution in [0.1, 0.15) is 25.3 Å². The van der Waals surface area contributed by atoms with E-state index in [0.717, 1.165) is 21.9 Å². The zero-order valence-corrected chi connectivity index (χ0v) is 19.8. The minimum Gasteiger partial charge on any atom is -0.477 e. The number of hydrogen-bond donors (Lipinski definition) is 0. The average Bonchev–Trinajstić information content (AvgIpc) is 3.38. The minimum absolute atomic E-state index is 0.164. The fourth-order valence-corrected chi connectivity index (χ4v) is 4.14. The van der Waals surface area contributed by atoms with Gasteiger partial charge in [-0.15, -0.1) is 0 Å². The molecular weight excluding hydrogens is 456 g/mol. The van der Waals surface area contributed by atoms with Crippen LogP contribution in [0.2, 0.25) is 0 Å². The van der Waals surface area contributed by atoms with Crippen molar-refractivity contribution in [3.8, 4) is 45.8 Å². The molecule has 0 fully saturated rings. The first-order chi connectivity index (χ1) is 17.7. The molecule has 4 aromatic rings. The van der Waals surface area contributed by atoms with Crippen LogP contribution in [0.15, 0.2) is 66.7 Å². The number of pyridine rings is 1. The second-order valence-electron chi connectivity index (χ2n) is 8.23. The summed E-state index contributed by atoms with van der Waals surface area (Å²) in [6.45, 7) is 2.50. The SMILES string of the molecule is CCOC(=O)CCCOc1nc(-c2ccc3ccccc3c2)cc(-c2ccc3c(c2)OCO3)c1C#N. The van der Waals surface area contributed by atoms with Gasteiger partial charge < -0.3 is 18.9 Å². The Morgan fingerprint density at radius 2 is 1.81 bits per heavy atom. The first-order valence-corrected chi connectivity index (χ1v) is 11.8. The summed E-state index contributed by atoms with van der Waals surface area (Å²) in [7, 11) is 0. The van der Waals surface area contributed by atoms with E-state index in [0.29, 0.717) is 41.3 Å². The molecule has 0 bridgehead atoms. The van der Waals surface area contributed by atoms with E-state index in [4.69, 9.17) is 23.9 Å². The summed E-state index contributed by atoms with van der Waals surface area (Å²) >= 11 is 0. The van der Waals surface area contributed by atoms with Crippen LogP contribution >= 0.6 is 0 Å². The lowest BCUT2D eigenvalue weighted by Crippen LogP contribution is -2.08. The second kappa shape index (κ2) is 10.4. The topological polar surface area (TPSA) is 90.7 Å². The molecule has 36 heavy (non-hydrogen) atoms. The Balaban J connectivity index is 1.55. The second-order valence-corrected chi connectivity index (χ2v) is 8.23. The van der Waals surface area contributed by atoms with E-state index in [-0.39, 0.29) is 31.7 Å². The van der Waals surface area contributed by atoms with Crippen molar-refractivity contribution in [2.75, 3.05) is 20.0 Å². The quantitative estimate of drug-likeness (QED) is 0.229. The van der Waals surface area contributed by atoms with Crippen LogP contribution in [-0.2, 0) is 9.53 Å². The molecule has 0 saturated carbocycles. The molecule has 7 nitrogen and oxygen atoms in total. The van der Waals surface area contributed by atoms with Gasteiger partial charge in [0.1, 0.15) is 11.6 Å². The highest BCUT2D eigenvalue weighted by molar-refractivity contribution is 5.88. The van der Waals surface area contributed by atoms with Gasteiger partial charge in [-0.1, -0.05) is 42.5 Å². The van der Waals surface area contributed by atoms with Gasteiger partial charge in [0.15, 0.2) is 11.5 Å². The van der Waals surface area contributed by atoms with Crippen LogP contribution in [0.4, 0.5) is 0 Å². The van der Waals surface area contributed by atoms with Gasteiger partial charge in [-0.2, -0.15) is 5.26 Å². The van der Waals surface area contributed by atoms with E-state index in [1.807, 2.05) is 54.6 Å². The summed E-state index contributed by atoms with van der Waals surface area (Å²) in [5.41, 5.74) is 3.35. The highest BCUT2D eigenvalue weighted by Crippen LogP contribution is 2.39. The molecule has 7 heteroatoms. The molecule has 0 unspecified atom stereocenters. The fourth-order valence-electron chi connectivity index (χ4n) is 4.14. The van der Waals surface area contributed by atoms with Crippen LogP contribution in [0.3, 0.4) is 0 Å². The molecule has 1 aromatic heterocycles. The average molecular weight is 481 g/mol. The summed E-state index contributed by atoms with van der Waals surface area (Å²) in [6, 6.07) is 23.9. The molecule has 0 atom stereocenters. The van der Waals surface area contributed by atoms with E-state index in [1.165, 1.54) is 0 Å². The van der Waals surface area contributed by atoms with Crippen molar-refractivity contribution in [1.82, 2.24) is 4.98 Å². The first-order valence-electron chi connectivity index (χ1n) is 11.8. The van der Waals surface area contributed by atoms with Crippen LogP contribution in [0.5, 0.6) is 17.4 Å². The van der Waals surface area contributed by atoms with Crippen LogP contribution < -0.4 is 14.2 Å². The number of carbonyl (C=O) groups excluding carboxylic acids is 1. The number of nitriles is 1. The summed E-state index contributed by atoms with van der Waals surface area (Å²) < 4.78 is 21.9. The maximum Gasteiger partial charge on any atom is 0.305 e. The monoisotopic (exact) mass is 480 g/mol. The van der Waals surface area contributed by atoms with Crippen molar-refractivity contribution >= 4 is 16.7 Å². The third-order valence-electron chi connectivity index (χ3n) is 5.90. The Hall–Kier alpha value is -4.57. The highest BCUT2D eigenvalue weighted by Gasteiger charge is 2.20. The number of fused-ring (bicyclic) bond motifs is 2. The van der Waals surface area contributed by atoms with Crippen molar-refractivity contribution in [2.24, 2.45) is 0 Å². The van der Waals surface area contributed by atoms with E-state index in [9.17, 15) is 10.1 Å². The number of ether oxygens (including phenoxy) is 4. The number of carbonyl (C=O) groups is 1. The molecule has 1 aliphatic rings. The lowest BCUT2D eigenvalue weighted by Gasteiger charge is -2.14. The predicted octanol–water partition coefficient (Wildman–Crippen LogP) is 5.89. The first kappa shape index (κ1) is 23.2. The van der Waals surface area contributed by atoms with Crippen molar-refractivity contribution < 1.29 is 23.7 Å². The molecule has 0 N–H and O–H groups in total. The van der Waals surface area contributed by atoms with Crippen molar-refractivity contribution in [1.29, 1.82) is 5.26 Å². The molecule has 180 valence electrons. The molecule has 3 aromatic carbocycles. The van der Waals surface area contributed by atoms with Crippen molar-refractivity contribution in [3.63, 3.8) is 0 Å². The van der Waals surface area contributed by atoms with Crippen molar-refractivity contribution in [2.45, 2.75) is 19.8 Å². The largest absolute Gasteiger partial charge is 0.477 e. The van der Waals surface area contributed by atoms with Gasteiger partial charge >= 0.3 is 5.97 Å². The Labute approximate surface area is 208 Å². The third-order valence-corrected chi connectivity index (χ3v) is 5.90. The number of rotatable bonds is 8. The Morgan fingerprint density at radius 1 is 1.00 bits per heavy atom. The summed E-state index contributed by atoms with van der Waals surface area (Å²) in [5.74, 6) is 1.23. The lowest BCUT2D eigenvalue weighted by atomic mass is 9.97. The third kappa shape index (κ3) is 4.80. The zero-order valence-electron chi connectivity index (χ0n) is 19.8. The van der Waals surface area contributed by atoms with Gasteiger partial charge in [0.05, 0.1) is 18.9 Å². The van der Waals surface area contributed by atoms with Gasteiger partial charge in [-0.05, 0) is 53.9 Å². The smallest absolute Gasteiger partial charge is 0.305 e. The van der Waals surface area contributed by atoms with Gasteiger partial charge in [0, 0.05) is 17.5 Å². The van der Waals surface area contributed by atoms with Gasteiger partial charge in [-0.3, -0.25) is 4.79 Å². The van der Waals surface area contributed by atoms with Gasteiger partial charge in [0.25, 0.3) is 0 Å². The molecule has 0 amide bonds. The lowest BCUT2D eigenvalue weighted by molar-refractivity contribution is -0.143. The van der Waals surface area contributed by atoms with Gasteiger partial charge in [0.2, 0.25) is 12.7 Å². The molecular formula is C29H24N2O5. The highest BCUT2D eigenvalue weighted by atomic mass is 16.7. The zero-order chi connectivity index (χ0) is 24.9. The van der Waals surface area contributed by atoms with E-state index >= 15 is 0 Å². The maximum atomic E-state index is 11.7. The van der Waals surface area contributed by atoms with E-state index in [2.05, 4.69) is 18.2 Å². The standard InChI is InChI=1S/C29H24N2O5/c1-2-33-28(32)8-5-13-34-29-24(17-30)23(21-11-12-26-27(15-21)36-18-35-26)16-25(31-29)22-10-9-19-6-3-4-7-20(19)14-22/h3-4,6-7,9-12,14-16H,2,5,8,13,18H2,1H3. The Kier molecular flexibility index (Phi) is 6.67. The summed E-state index contributed by atoms with van der Waals surface area (Å²) in [4.78, 5) is 16.4. The van der Waals surface area contributed by atoms with Crippen LogP contribution in [-0.4, -0.2) is 31.0 Å². The Morgan fingerprint density at radius 3 is 2.64 bits per heavy atom. The van der Waals surface area contributed by atoms with Crippen LogP contribution in [0, 0.1) is 11.3 Å². The predicted molar refractivity (Wildman–Crippen MR) is 135 cm³/mol. The molecule has 5 rings (SSSR count). The van der Waals surface area contributed by atoms with E-state index < -0.39 is 0 Å². The normalized spacial score (nSPS) is 11.8. The minimum atomic E-state index is -0.277. The summed E-state index contributed by atoms with van der Waals surface area (Å²) in [5, 5.41) is 12.3. The molecule has 0 spiro atoms. The molecule has 1 aliphatic heterocycles. The van der Waals surface area contributed by atoms with E-state index in [1.54, 1.807) is 6.92 Å². The van der Waals surface area contributed by atoms with Crippen molar-refractivity contribution in [3.05, 3.63) is 72.3 Å². The number of nitrogens with zero attached hydrogens (tertiary/aromatic N) is 2. The molecule has 0 radical (unpaired) electrons.